The van der Waals surface area contributed by atoms with Gasteiger partial charge in [-0.3, -0.25) is 9.69 Å². The predicted octanol–water partition coefficient (Wildman–Crippen LogP) is 4.38. The molecule has 1 fully saturated rings. The molecule has 180 valence electrons. The summed E-state index contributed by atoms with van der Waals surface area (Å²) >= 11 is 8.27. The number of anilines is 1. The molecule has 0 radical (unpaired) electrons. The second kappa shape index (κ2) is 9.49. The van der Waals surface area contributed by atoms with Crippen molar-refractivity contribution in [1.82, 2.24) is 0 Å². The van der Waals surface area contributed by atoms with E-state index in [1.54, 1.807) is 4.90 Å². The molecule has 10 heteroatoms. The van der Waals surface area contributed by atoms with Gasteiger partial charge in [0.2, 0.25) is 0 Å². The molecule has 3 aliphatic heterocycles. The third-order valence-corrected chi connectivity index (χ3v) is 9.23. The Labute approximate surface area is 212 Å². The van der Waals surface area contributed by atoms with Crippen molar-refractivity contribution in [2.24, 2.45) is 0 Å². The predicted molar refractivity (Wildman–Crippen MR) is 137 cm³/mol. The van der Waals surface area contributed by atoms with E-state index in [2.05, 4.69) is 0 Å². The van der Waals surface area contributed by atoms with E-state index in [-0.39, 0.29) is 15.7 Å². The van der Waals surface area contributed by atoms with E-state index >= 15 is 0 Å². The summed E-state index contributed by atoms with van der Waals surface area (Å²) < 4.78 is 16.2. The number of nitrogens with zero attached hydrogens (tertiary/aromatic N) is 1. The number of esters is 2. The van der Waals surface area contributed by atoms with E-state index in [1.165, 1.54) is 14.2 Å². The summed E-state index contributed by atoms with van der Waals surface area (Å²) in [6.07, 6.45) is 1.02. The summed E-state index contributed by atoms with van der Waals surface area (Å²) in [6, 6.07) is 5.85. The van der Waals surface area contributed by atoms with Crippen molar-refractivity contribution in [3.8, 4) is 0 Å². The first kappa shape index (κ1) is 25.0. The normalized spacial score (nSPS) is 21.6. The number of hydrogen-bond donors (Lipinski definition) is 0. The van der Waals surface area contributed by atoms with Crippen LogP contribution in [0.2, 0.25) is 0 Å². The van der Waals surface area contributed by atoms with Crippen LogP contribution in [0.5, 0.6) is 0 Å². The molecular weight excluding hydrogens is 494 g/mol. The first-order valence-electron chi connectivity index (χ1n) is 10.7. The number of ether oxygens (including phenoxy) is 3. The molecule has 0 saturated carbocycles. The van der Waals surface area contributed by atoms with Gasteiger partial charge in [-0.15, -0.1) is 0 Å². The largest absolute Gasteiger partial charge is 0.465 e. The lowest BCUT2D eigenvalue weighted by molar-refractivity contribution is -0.138. The second-order valence-electron chi connectivity index (χ2n) is 8.59. The van der Waals surface area contributed by atoms with Gasteiger partial charge >= 0.3 is 11.9 Å². The number of thioether (sulfide) groups is 2. The minimum Gasteiger partial charge on any atom is -0.465 e. The summed E-state index contributed by atoms with van der Waals surface area (Å²) in [5.41, 5.74) is 2.38. The van der Waals surface area contributed by atoms with Gasteiger partial charge in [0.1, 0.15) is 15.9 Å². The van der Waals surface area contributed by atoms with E-state index in [0.717, 1.165) is 52.3 Å². The Bertz CT molecular complexity index is 1130. The van der Waals surface area contributed by atoms with Crippen LogP contribution in [-0.4, -0.2) is 55.2 Å². The van der Waals surface area contributed by atoms with Crippen LogP contribution in [0.4, 0.5) is 5.69 Å². The third kappa shape index (κ3) is 4.10. The fraction of sp³-hybridized carbons (Fsp3) is 0.417. The average molecular weight is 520 g/mol. The smallest absolute Gasteiger partial charge is 0.346 e. The number of aryl methyl sites for hydroxylation is 1. The molecule has 0 spiro atoms. The van der Waals surface area contributed by atoms with E-state index < -0.39 is 23.6 Å². The minimum atomic E-state index is -0.844. The number of benzene rings is 1. The van der Waals surface area contributed by atoms with Gasteiger partial charge in [0.15, 0.2) is 0 Å². The van der Waals surface area contributed by atoms with Crippen molar-refractivity contribution in [1.29, 1.82) is 0 Å². The summed E-state index contributed by atoms with van der Waals surface area (Å²) in [6.45, 7) is 6.35. The maximum atomic E-state index is 13.6. The summed E-state index contributed by atoms with van der Waals surface area (Å²) in [4.78, 5) is 41.0. The number of thiocarbonyl (C=S) groups is 1. The Morgan fingerprint density at radius 3 is 2.26 bits per heavy atom. The van der Waals surface area contributed by atoms with Crippen LogP contribution in [0, 0.1) is 6.92 Å². The van der Waals surface area contributed by atoms with Crippen molar-refractivity contribution >= 4 is 69.7 Å². The minimum absolute atomic E-state index is 0.116. The molecule has 0 aromatic heterocycles. The van der Waals surface area contributed by atoms with Crippen LogP contribution in [0.3, 0.4) is 0 Å². The van der Waals surface area contributed by atoms with Crippen LogP contribution in [0.15, 0.2) is 32.2 Å². The van der Waals surface area contributed by atoms with Gasteiger partial charge in [-0.2, -0.15) is 0 Å². The number of fused-ring (bicyclic) bond motifs is 1. The highest BCUT2D eigenvalue weighted by atomic mass is 32.2. The third-order valence-electron chi connectivity index (χ3n) is 5.97. The number of hydrogen-bond acceptors (Lipinski definition) is 9. The summed E-state index contributed by atoms with van der Waals surface area (Å²) in [5, 5.41) is 0. The van der Waals surface area contributed by atoms with E-state index in [1.807, 2.05) is 39.0 Å². The SMILES string of the molecule is COC(=O)C1=C(C(=O)OC)SC(=C2C(=S)C(C)(C)N(C(=O)[C@@H]3CCCO3)c3ccc(C)cc32)S1. The molecule has 0 N–H and O–H groups in total. The molecule has 3 heterocycles. The molecule has 0 bridgehead atoms. The lowest BCUT2D eigenvalue weighted by Crippen LogP contribution is -2.58. The first-order chi connectivity index (χ1) is 16.1. The summed E-state index contributed by atoms with van der Waals surface area (Å²) in [7, 11) is 2.53. The molecule has 4 rings (SSSR count). The van der Waals surface area contributed by atoms with Gasteiger partial charge < -0.3 is 14.2 Å². The van der Waals surface area contributed by atoms with Crippen molar-refractivity contribution < 1.29 is 28.6 Å². The van der Waals surface area contributed by atoms with Gasteiger partial charge in [-0.05, 0) is 45.7 Å². The van der Waals surface area contributed by atoms with Gasteiger partial charge in [0.05, 0.1) is 34.5 Å². The number of carbonyl (C=O) groups excluding carboxylic acids is 3. The maximum Gasteiger partial charge on any atom is 0.346 e. The van der Waals surface area contributed by atoms with Gasteiger partial charge in [-0.25, -0.2) is 9.59 Å². The molecule has 7 nitrogen and oxygen atoms in total. The van der Waals surface area contributed by atoms with Gasteiger partial charge in [-0.1, -0.05) is 47.4 Å². The van der Waals surface area contributed by atoms with E-state index in [0.29, 0.717) is 22.1 Å². The highest BCUT2D eigenvalue weighted by Crippen LogP contribution is 2.56. The van der Waals surface area contributed by atoms with Gasteiger partial charge in [0.25, 0.3) is 5.91 Å². The van der Waals surface area contributed by atoms with E-state index in [4.69, 9.17) is 26.4 Å². The molecule has 1 aromatic rings. The molecule has 0 aliphatic carbocycles. The van der Waals surface area contributed by atoms with Crippen molar-refractivity contribution in [3.63, 3.8) is 0 Å². The molecule has 1 saturated heterocycles. The molecule has 1 amide bonds. The lowest BCUT2D eigenvalue weighted by Gasteiger charge is -2.46. The van der Waals surface area contributed by atoms with Crippen LogP contribution in [0.25, 0.3) is 5.57 Å². The number of amides is 1. The molecule has 1 aromatic carbocycles. The van der Waals surface area contributed by atoms with Crippen LogP contribution in [0.1, 0.15) is 37.8 Å². The Morgan fingerprint density at radius 2 is 1.74 bits per heavy atom. The lowest BCUT2D eigenvalue weighted by atomic mass is 9.82. The van der Waals surface area contributed by atoms with E-state index in [9.17, 15) is 14.4 Å². The Balaban J connectivity index is 1.88. The highest BCUT2D eigenvalue weighted by Gasteiger charge is 2.47. The second-order valence-corrected chi connectivity index (χ2v) is 11.3. The molecular formula is C24H25NO6S3. The molecule has 3 aliphatic rings. The Kier molecular flexibility index (Phi) is 6.97. The van der Waals surface area contributed by atoms with Crippen LogP contribution < -0.4 is 4.90 Å². The maximum absolute atomic E-state index is 13.6. The average Bonchev–Trinajstić information content (AvgIpc) is 3.49. The van der Waals surface area contributed by atoms with Crippen molar-refractivity contribution in [2.75, 3.05) is 25.7 Å². The van der Waals surface area contributed by atoms with Crippen LogP contribution >= 0.6 is 35.7 Å². The zero-order chi connectivity index (χ0) is 24.8. The van der Waals surface area contributed by atoms with Gasteiger partial charge in [0, 0.05) is 17.7 Å². The topological polar surface area (TPSA) is 82.1 Å². The monoisotopic (exact) mass is 519 g/mol. The Morgan fingerprint density at radius 1 is 1.12 bits per heavy atom. The zero-order valence-corrected chi connectivity index (χ0v) is 22.0. The summed E-state index contributed by atoms with van der Waals surface area (Å²) in [5.74, 6) is -1.35. The standard InChI is InChI=1S/C24H25NO6S3/c1-12-8-9-14-13(11-12)16(23-33-17(21(27)29-4)18(34-23)22(28)30-5)19(32)24(2,3)25(14)20(26)15-7-6-10-31-15/h8-9,11,15H,6-7,10H2,1-5H3/t15-/m0/s1. The molecule has 1 atom stereocenters. The zero-order valence-electron chi connectivity index (χ0n) is 19.6. The number of carbonyl (C=O) groups is 3. The number of rotatable bonds is 3. The quantitative estimate of drug-likeness (QED) is 0.328. The fourth-order valence-corrected chi connectivity index (χ4v) is 7.28. The first-order valence-corrected chi connectivity index (χ1v) is 12.8. The van der Waals surface area contributed by atoms with Crippen molar-refractivity contribution in [3.05, 3.63) is 43.4 Å². The Hall–Kier alpha value is -2.14. The van der Waals surface area contributed by atoms with Crippen LogP contribution in [-0.2, 0) is 28.6 Å². The van der Waals surface area contributed by atoms with Crippen molar-refractivity contribution in [2.45, 2.75) is 45.3 Å². The highest BCUT2D eigenvalue weighted by molar-refractivity contribution is 8.29. The molecule has 0 unspecified atom stereocenters. The number of methoxy groups -OCH3 is 2. The fourth-order valence-electron chi connectivity index (χ4n) is 4.24. The molecule has 34 heavy (non-hydrogen) atoms.